The molecule has 1 aromatic heterocycles. The standard InChI is InChI=1S/C17H18FN3O2S/c18-14-3-1-2-4-15(14)24-12-17(22)20-16-6-5-13(11-19-16)21-7-9-23-10-8-21/h1-6,11H,7-10,12H2,(H,19,20,22). The summed E-state index contributed by atoms with van der Waals surface area (Å²) in [7, 11) is 0. The number of rotatable bonds is 5. The maximum atomic E-state index is 13.5. The molecule has 5 nitrogen and oxygen atoms in total. The number of anilines is 2. The van der Waals surface area contributed by atoms with E-state index in [1.165, 1.54) is 6.07 Å². The summed E-state index contributed by atoms with van der Waals surface area (Å²) >= 11 is 1.16. The fraction of sp³-hybridized carbons (Fsp3) is 0.294. The minimum atomic E-state index is -0.316. The van der Waals surface area contributed by atoms with Crippen LogP contribution in [-0.4, -0.2) is 42.9 Å². The largest absolute Gasteiger partial charge is 0.378 e. The number of hydrogen-bond donors (Lipinski definition) is 1. The van der Waals surface area contributed by atoms with E-state index in [1.54, 1.807) is 30.5 Å². The highest BCUT2D eigenvalue weighted by atomic mass is 32.2. The average Bonchev–Trinajstić information content (AvgIpc) is 2.62. The maximum Gasteiger partial charge on any atom is 0.235 e. The van der Waals surface area contributed by atoms with E-state index in [2.05, 4.69) is 15.2 Å². The van der Waals surface area contributed by atoms with Gasteiger partial charge < -0.3 is 15.0 Å². The summed E-state index contributed by atoms with van der Waals surface area (Å²) in [5.74, 6) is 0.0951. The van der Waals surface area contributed by atoms with E-state index in [4.69, 9.17) is 4.74 Å². The van der Waals surface area contributed by atoms with Crippen LogP contribution in [0.15, 0.2) is 47.5 Å². The van der Waals surface area contributed by atoms with Crippen molar-refractivity contribution in [3.05, 3.63) is 48.4 Å². The molecule has 0 saturated carbocycles. The molecule has 2 heterocycles. The van der Waals surface area contributed by atoms with Gasteiger partial charge in [0, 0.05) is 18.0 Å². The number of thioether (sulfide) groups is 1. The molecule has 0 bridgehead atoms. The van der Waals surface area contributed by atoms with Gasteiger partial charge in [0.1, 0.15) is 11.6 Å². The van der Waals surface area contributed by atoms with Crippen LogP contribution >= 0.6 is 11.8 Å². The quantitative estimate of drug-likeness (QED) is 0.843. The molecule has 2 aromatic rings. The van der Waals surface area contributed by atoms with Gasteiger partial charge in [0.15, 0.2) is 0 Å². The summed E-state index contributed by atoms with van der Waals surface area (Å²) < 4.78 is 18.8. The summed E-state index contributed by atoms with van der Waals surface area (Å²) in [6, 6.07) is 10.1. The molecule has 24 heavy (non-hydrogen) atoms. The smallest absolute Gasteiger partial charge is 0.235 e. The lowest BCUT2D eigenvalue weighted by molar-refractivity contribution is -0.113. The fourth-order valence-corrected chi connectivity index (χ4v) is 3.09. The predicted octanol–water partition coefficient (Wildman–Crippen LogP) is 2.79. The summed E-state index contributed by atoms with van der Waals surface area (Å²) in [6.07, 6.45) is 1.74. The first kappa shape index (κ1) is 16.7. The first-order chi connectivity index (χ1) is 11.7. The van der Waals surface area contributed by atoms with Crippen molar-refractivity contribution in [2.45, 2.75) is 4.90 Å². The Bertz CT molecular complexity index is 690. The average molecular weight is 347 g/mol. The van der Waals surface area contributed by atoms with E-state index in [1.807, 2.05) is 6.07 Å². The molecule has 0 spiro atoms. The van der Waals surface area contributed by atoms with Crippen molar-refractivity contribution in [2.24, 2.45) is 0 Å². The number of hydrogen-bond acceptors (Lipinski definition) is 5. The number of morpholine rings is 1. The van der Waals surface area contributed by atoms with Crippen molar-refractivity contribution in [2.75, 3.05) is 42.3 Å². The lowest BCUT2D eigenvalue weighted by Gasteiger charge is -2.28. The van der Waals surface area contributed by atoms with Gasteiger partial charge in [-0.15, -0.1) is 11.8 Å². The highest BCUT2D eigenvalue weighted by Gasteiger charge is 2.12. The summed E-state index contributed by atoms with van der Waals surface area (Å²) in [5.41, 5.74) is 1.01. The first-order valence-corrected chi connectivity index (χ1v) is 8.67. The SMILES string of the molecule is O=C(CSc1ccccc1F)Nc1ccc(N2CCOCC2)cn1. The molecule has 0 atom stereocenters. The summed E-state index contributed by atoms with van der Waals surface area (Å²) in [5, 5.41) is 2.73. The van der Waals surface area contributed by atoms with Crippen LogP contribution in [0.25, 0.3) is 0 Å². The van der Waals surface area contributed by atoms with Crippen molar-refractivity contribution in [1.29, 1.82) is 0 Å². The van der Waals surface area contributed by atoms with Crippen molar-refractivity contribution in [3.8, 4) is 0 Å². The van der Waals surface area contributed by atoms with Crippen LogP contribution < -0.4 is 10.2 Å². The molecule has 0 radical (unpaired) electrons. The van der Waals surface area contributed by atoms with Crippen LogP contribution in [-0.2, 0) is 9.53 Å². The number of amides is 1. The van der Waals surface area contributed by atoms with E-state index in [9.17, 15) is 9.18 Å². The lowest BCUT2D eigenvalue weighted by atomic mass is 10.3. The summed E-state index contributed by atoms with van der Waals surface area (Å²) in [4.78, 5) is 18.9. The number of carbonyl (C=O) groups is 1. The van der Waals surface area contributed by atoms with Crippen LogP contribution in [0.2, 0.25) is 0 Å². The molecule has 1 aliphatic heterocycles. The van der Waals surface area contributed by atoms with Gasteiger partial charge >= 0.3 is 0 Å². The maximum absolute atomic E-state index is 13.5. The minimum absolute atomic E-state index is 0.133. The number of nitrogens with zero attached hydrogens (tertiary/aromatic N) is 2. The van der Waals surface area contributed by atoms with Gasteiger partial charge in [-0.25, -0.2) is 9.37 Å². The lowest BCUT2D eigenvalue weighted by Crippen LogP contribution is -2.36. The number of ether oxygens (including phenoxy) is 1. The van der Waals surface area contributed by atoms with E-state index >= 15 is 0 Å². The zero-order chi connectivity index (χ0) is 16.8. The van der Waals surface area contributed by atoms with Gasteiger partial charge in [0.05, 0.1) is 30.9 Å². The second-order valence-corrected chi connectivity index (χ2v) is 6.29. The summed E-state index contributed by atoms with van der Waals surface area (Å²) in [6.45, 7) is 3.11. The second kappa shape index (κ2) is 8.12. The van der Waals surface area contributed by atoms with Gasteiger partial charge in [-0.05, 0) is 24.3 Å². The predicted molar refractivity (Wildman–Crippen MR) is 93.0 cm³/mol. The number of pyridine rings is 1. The fourth-order valence-electron chi connectivity index (χ4n) is 2.35. The van der Waals surface area contributed by atoms with E-state index in [0.717, 1.165) is 30.5 Å². The molecule has 1 aliphatic rings. The molecule has 1 N–H and O–H groups in total. The molecule has 1 aromatic carbocycles. The van der Waals surface area contributed by atoms with E-state index in [0.29, 0.717) is 23.9 Å². The molecule has 1 saturated heterocycles. The molecule has 0 unspecified atom stereocenters. The molecular formula is C17H18FN3O2S. The van der Waals surface area contributed by atoms with Gasteiger partial charge in [0.2, 0.25) is 5.91 Å². The van der Waals surface area contributed by atoms with Crippen LogP contribution in [0, 0.1) is 5.82 Å². The highest BCUT2D eigenvalue weighted by Crippen LogP contribution is 2.21. The molecule has 0 aliphatic carbocycles. The topological polar surface area (TPSA) is 54.5 Å². The molecular weight excluding hydrogens is 329 g/mol. The highest BCUT2D eigenvalue weighted by molar-refractivity contribution is 8.00. The van der Waals surface area contributed by atoms with Crippen molar-refractivity contribution in [1.82, 2.24) is 4.98 Å². The number of halogens is 1. The third kappa shape index (κ3) is 4.46. The Morgan fingerprint density at radius 1 is 1.25 bits per heavy atom. The van der Waals surface area contributed by atoms with Crippen LogP contribution in [0.3, 0.4) is 0 Å². The van der Waals surface area contributed by atoms with Crippen molar-refractivity contribution < 1.29 is 13.9 Å². The van der Waals surface area contributed by atoms with Crippen LogP contribution in [0.4, 0.5) is 15.9 Å². The Morgan fingerprint density at radius 3 is 2.75 bits per heavy atom. The van der Waals surface area contributed by atoms with Crippen molar-refractivity contribution in [3.63, 3.8) is 0 Å². The van der Waals surface area contributed by atoms with Gasteiger partial charge in [-0.3, -0.25) is 4.79 Å². The zero-order valence-electron chi connectivity index (χ0n) is 13.1. The Morgan fingerprint density at radius 2 is 2.04 bits per heavy atom. The number of nitrogens with one attached hydrogen (secondary N) is 1. The molecule has 126 valence electrons. The van der Waals surface area contributed by atoms with E-state index < -0.39 is 0 Å². The Hall–Kier alpha value is -2.12. The van der Waals surface area contributed by atoms with Crippen LogP contribution in [0.1, 0.15) is 0 Å². The Labute approximate surface area is 144 Å². The monoisotopic (exact) mass is 347 g/mol. The Balaban J connectivity index is 1.52. The van der Waals surface area contributed by atoms with Gasteiger partial charge in [-0.2, -0.15) is 0 Å². The second-order valence-electron chi connectivity index (χ2n) is 5.27. The molecule has 1 fully saturated rings. The number of benzene rings is 1. The number of aromatic nitrogens is 1. The van der Waals surface area contributed by atoms with Gasteiger partial charge in [0.25, 0.3) is 0 Å². The number of carbonyl (C=O) groups excluding carboxylic acids is 1. The molecule has 1 amide bonds. The van der Waals surface area contributed by atoms with E-state index in [-0.39, 0.29) is 17.5 Å². The molecule has 3 rings (SSSR count). The minimum Gasteiger partial charge on any atom is -0.378 e. The first-order valence-electron chi connectivity index (χ1n) is 7.68. The Kier molecular flexibility index (Phi) is 5.66. The third-order valence-electron chi connectivity index (χ3n) is 3.59. The van der Waals surface area contributed by atoms with Crippen LogP contribution in [0.5, 0.6) is 0 Å². The molecule has 7 heteroatoms. The zero-order valence-corrected chi connectivity index (χ0v) is 13.9. The van der Waals surface area contributed by atoms with Crippen molar-refractivity contribution >= 4 is 29.2 Å². The third-order valence-corrected chi connectivity index (χ3v) is 4.64. The normalized spacial score (nSPS) is 14.5. The van der Waals surface area contributed by atoms with Gasteiger partial charge in [-0.1, -0.05) is 12.1 Å².